The van der Waals surface area contributed by atoms with Gasteiger partial charge < -0.3 is 13.3 Å². The van der Waals surface area contributed by atoms with Gasteiger partial charge in [0.25, 0.3) is 0 Å². The van der Waals surface area contributed by atoms with E-state index in [9.17, 15) is 0 Å². The highest BCUT2D eigenvalue weighted by Crippen LogP contribution is 2.26. The van der Waals surface area contributed by atoms with Crippen LogP contribution in [0.25, 0.3) is 0 Å². The molecule has 3 nitrogen and oxygen atoms in total. The van der Waals surface area contributed by atoms with Crippen LogP contribution in [0.3, 0.4) is 0 Å². The Morgan fingerprint density at radius 2 is 1.55 bits per heavy atom. The van der Waals surface area contributed by atoms with Gasteiger partial charge in [0.1, 0.15) is 0 Å². The molecule has 0 aromatic carbocycles. The molecule has 0 spiro atoms. The van der Waals surface area contributed by atoms with Crippen LogP contribution < -0.4 is 0 Å². The number of hydrogen-bond donors (Lipinski definition) is 0. The summed E-state index contributed by atoms with van der Waals surface area (Å²) in [6, 6.07) is 0.822. The van der Waals surface area contributed by atoms with Gasteiger partial charge in [0.2, 0.25) is 0 Å². The minimum atomic E-state index is -2.55. The van der Waals surface area contributed by atoms with E-state index in [2.05, 4.69) is 26.5 Å². The molecule has 0 fully saturated rings. The quantitative estimate of drug-likeness (QED) is 0.390. The smallest absolute Gasteiger partial charge is 0.374 e. The first kappa shape index (κ1) is 19.6. The SMILES string of the molecule is C=CC(CCC=C(C)C)C[Si](OCC)(OCC)OCC. The van der Waals surface area contributed by atoms with Crippen molar-refractivity contribution in [2.75, 3.05) is 19.8 Å². The lowest BCUT2D eigenvalue weighted by Gasteiger charge is -2.30. The lowest BCUT2D eigenvalue weighted by molar-refractivity contribution is 0.0683. The Kier molecular flexibility index (Phi) is 11.0. The summed E-state index contributed by atoms with van der Waals surface area (Å²) in [5.74, 6) is 0.377. The average Bonchev–Trinajstić information content (AvgIpc) is 2.38. The van der Waals surface area contributed by atoms with Crippen molar-refractivity contribution >= 4 is 8.80 Å². The second-order valence-electron chi connectivity index (χ2n) is 5.04. The summed E-state index contributed by atoms with van der Waals surface area (Å²) in [5, 5.41) is 0. The first-order chi connectivity index (χ1) is 9.53. The van der Waals surface area contributed by atoms with E-state index >= 15 is 0 Å². The number of hydrogen-bond acceptors (Lipinski definition) is 3. The van der Waals surface area contributed by atoms with Gasteiger partial charge in [-0.1, -0.05) is 17.7 Å². The molecule has 0 bridgehead atoms. The molecule has 118 valence electrons. The summed E-state index contributed by atoms with van der Waals surface area (Å²) in [7, 11) is -2.55. The van der Waals surface area contributed by atoms with E-state index in [-0.39, 0.29) is 0 Å². The molecular weight excluding hydrogens is 268 g/mol. The summed E-state index contributed by atoms with van der Waals surface area (Å²) < 4.78 is 17.7. The van der Waals surface area contributed by atoms with Crippen LogP contribution in [0.5, 0.6) is 0 Å². The van der Waals surface area contributed by atoms with E-state index in [0.717, 1.165) is 18.9 Å². The van der Waals surface area contributed by atoms with Crippen molar-refractivity contribution in [3.05, 3.63) is 24.3 Å². The van der Waals surface area contributed by atoms with Gasteiger partial charge in [0, 0.05) is 25.9 Å². The maximum atomic E-state index is 5.90. The van der Waals surface area contributed by atoms with Crippen molar-refractivity contribution < 1.29 is 13.3 Å². The molecule has 0 amide bonds. The highest BCUT2D eigenvalue weighted by Gasteiger charge is 2.41. The van der Waals surface area contributed by atoms with Crippen molar-refractivity contribution in [3.8, 4) is 0 Å². The summed E-state index contributed by atoms with van der Waals surface area (Å²) in [6.07, 6.45) is 6.41. The summed E-state index contributed by atoms with van der Waals surface area (Å²) in [4.78, 5) is 0. The first-order valence-electron chi connectivity index (χ1n) is 7.71. The van der Waals surface area contributed by atoms with E-state index in [1.807, 2.05) is 26.8 Å². The molecule has 0 aliphatic heterocycles. The Labute approximate surface area is 126 Å². The third-order valence-electron chi connectivity index (χ3n) is 3.03. The van der Waals surface area contributed by atoms with Crippen LogP contribution in [0.4, 0.5) is 0 Å². The maximum Gasteiger partial charge on any atom is 0.501 e. The Morgan fingerprint density at radius 3 is 1.90 bits per heavy atom. The Hall–Kier alpha value is -0.423. The molecule has 0 radical (unpaired) electrons. The van der Waals surface area contributed by atoms with Crippen LogP contribution in [-0.2, 0) is 13.3 Å². The molecule has 0 aliphatic carbocycles. The van der Waals surface area contributed by atoms with Gasteiger partial charge in [-0.15, -0.1) is 6.58 Å². The largest absolute Gasteiger partial charge is 0.501 e. The summed E-state index contributed by atoms with van der Waals surface area (Å²) in [5.41, 5.74) is 1.36. The topological polar surface area (TPSA) is 27.7 Å². The van der Waals surface area contributed by atoms with Gasteiger partial charge in [-0.25, -0.2) is 0 Å². The van der Waals surface area contributed by atoms with Gasteiger partial charge >= 0.3 is 8.80 Å². The maximum absolute atomic E-state index is 5.90. The van der Waals surface area contributed by atoms with Crippen molar-refractivity contribution in [1.82, 2.24) is 0 Å². The molecule has 1 unspecified atom stereocenters. The zero-order chi connectivity index (χ0) is 15.4. The van der Waals surface area contributed by atoms with E-state index < -0.39 is 8.80 Å². The minimum absolute atomic E-state index is 0.377. The zero-order valence-corrected chi connectivity index (χ0v) is 14.9. The van der Waals surface area contributed by atoms with Crippen LogP contribution >= 0.6 is 0 Å². The second-order valence-corrected chi connectivity index (χ2v) is 7.68. The fourth-order valence-corrected chi connectivity index (χ4v) is 5.11. The molecule has 0 aromatic heterocycles. The van der Waals surface area contributed by atoms with Gasteiger partial charge in [0.05, 0.1) is 0 Å². The molecule has 0 heterocycles. The Morgan fingerprint density at radius 1 is 1.05 bits per heavy atom. The highest BCUT2D eigenvalue weighted by molar-refractivity contribution is 6.60. The molecule has 0 saturated heterocycles. The molecule has 0 N–H and O–H groups in total. The normalized spacial score (nSPS) is 13.1. The third kappa shape index (κ3) is 8.00. The molecule has 4 heteroatoms. The zero-order valence-electron chi connectivity index (χ0n) is 13.9. The fourth-order valence-electron chi connectivity index (χ4n) is 2.17. The van der Waals surface area contributed by atoms with Crippen LogP contribution in [0, 0.1) is 5.92 Å². The standard InChI is InChI=1S/C16H32O3Si/c1-7-16(13-11-12-15(5)6)14-20(17-8-2,18-9-3)19-10-4/h7,12,16H,1,8-11,13-14H2,2-6H3. The molecular formula is C16H32O3Si. The predicted molar refractivity (Wildman–Crippen MR) is 87.8 cm³/mol. The minimum Gasteiger partial charge on any atom is -0.374 e. The monoisotopic (exact) mass is 300 g/mol. The fraction of sp³-hybridized carbons (Fsp3) is 0.750. The van der Waals surface area contributed by atoms with Gasteiger partial charge in [-0.3, -0.25) is 0 Å². The molecule has 0 aliphatic rings. The predicted octanol–water partition coefficient (Wildman–Crippen LogP) is 4.58. The highest BCUT2D eigenvalue weighted by atomic mass is 28.4. The van der Waals surface area contributed by atoms with Crippen LogP contribution in [-0.4, -0.2) is 28.6 Å². The summed E-state index contributed by atoms with van der Waals surface area (Å²) in [6.45, 7) is 16.1. The lowest BCUT2D eigenvalue weighted by Crippen LogP contribution is -2.47. The van der Waals surface area contributed by atoms with E-state index in [1.54, 1.807) is 0 Å². The number of rotatable bonds is 12. The van der Waals surface area contributed by atoms with E-state index in [1.165, 1.54) is 5.57 Å². The van der Waals surface area contributed by atoms with E-state index in [4.69, 9.17) is 13.3 Å². The van der Waals surface area contributed by atoms with Crippen LogP contribution in [0.1, 0.15) is 47.5 Å². The molecule has 0 aromatic rings. The summed E-state index contributed by atoms with van der Waals surface area (Å²) >= 11 is 0. The Bertz CT molecular complexity index is 268. The van der Waals surface area contributed by atoms with Crippen molar-refractivity contribution in [2.24, 2.45) is 5.92 Å². The first-order valence-corrected chi connectivity index (χ1v) is 9.64. The third-order valence-corrected chi connectivity index (χ3v) is 6.24. The van der Waals surface area contributed by atoms with Crippen molar-refractivity contribution in [2.45, 2.75) is 53.5 Å². The van der Waals surface area contributed by atoms with Gasteiger partial charge in [-0.2, -0.15) is 0 Å². The lowest BCUT2D eigenvalue weighted by atomic mass is 10.0. The van der Waals surface area contributed by atoms with Crippen molar-refractivity contribution in [3.63, 3.8) is 0 Å². The Balaban J connectivity index is 4.70. The van der Waals surface area contributed by atoms with Gasteiger partial charge in [0.15, 0.2) is 0 Å². The average molecular weight is 301 g/mol. The van der Waals surface area contributed by atoms with Crippen LogP contribution in [0.15, 0.2) is 24.3 Å². The number of allylic oxidation sites excluding steroid dienone is 3. The molecule has 0 rings (SSSR count). The molecule has 1 atom stereocenters. The molecule has 20 heavy (non-hydrogen) atoms. The van der Waals surface area contributed by atoms with E-state index in [0.29, 0.717) is 25.7 Å². The van der Waals surface area contributed by atoms with Crippen LogP contribution in [0.2, 0.25) is 6.04 Å². The molecule has 0 saturated carbocycles. The second kappa shape index (κ2) is 11.3. The van der Waals surface area contributed by atoms with Crippen molar-refractivity contribution in [1.29, 1.82) is 0 Å². The van der Waals surface area contributed by atoms with Gasteiger partial charge in [-0.05, 0) is 53.4 Å².